The predicted octanol–water partition coefficient (Wildman–Crippen LogP) is 3.67. The number of ether oxygens (including phenoxy) is 1. The zero-order valence-electron chi connectivity index (χ0n) is 18.2. The highest BCUT2D eigenvalue weighted by Gasteiger charge is 2.26. The van der Waals surface area contributed by atoms with Crippen molar-refractivity contribution in [1.29, 1.82) is 0 Å². The molecule has 0 aliphatic carbocycles. The van der Waals surface area contributed by atoms with Crippen molar-refractivity contribution in [3.05, 3.63) is 77.9 Å². The second-order valence-electron chi connectivity index (χ2n) is 8.02. The fourth-order valence-electron chi connectivity index (χ4n) is 4.04. The molecule has 0 radical (unpaired) electrons. The van der Waals surface area contributed by atoms with Crippen molar-refractivity contribution in [2.24, 2.45) is 0 Å². The van der Waals surface area contributed by atoms with Crippen LogP contribution in [-0.4, -0.2) is 44.9 Å². The van der Waals surface area contributed by atoms with E-state index in [2.05, 4.69) is 23.5 Å². The largest absolute Gasteiger partial charge is 0.379 e. The van der Waals surface area contributed by atoms with Crippen molar-refractivity contribution < 1.29 is 17.9 Å². The van der Waals surface area contributed by atoms with Gasteiger partial charge in [0.1, 0.15) is 0 Å². The molecule has 1 N–H and O–H groups in total. The second kappa shape index (κ2) is 9.81. The van der Waals surface area contributed by atoms with Crippen LogP contribution in [0.2, 0.25) is 0 Å². The second-order valence-corrected chi connectivity index (χ2v) is 9.96. The Kier molecular flexibility index (Phi) is 6.89. The van der Waals surface area contributed by atoms with Gasteiger partial charge in [-0.15, -0.1) is 0 Å². The summed E-state index contributed by atoms with van der Waals surface area (Å²) in [5.74, 6) is -0.0320. The third-order valence-electron chi connectivity index (χ3n) is 5.84. The standard InChI is InChI=1S/C25H28N2O4S/c1-19(23-8-4-6-21-5-2-3-7-24(21)23)26-25(28)14-11-20-9-12-22(13-10-20)32(29,30)27-15-17-31-18-16-27/h2-10,12-13,19H,11,14-18H2,1H3,(H,26,28). The van der Waals surface area contributed by atoms with Crippen LogP contribution in [0.4, 0.5) is 0 Å². The van der Waals surface area contributed by atoms with Crippen LogP contribution in [0.15, 0.2) is 71.6 Å². The molecular formula is C25H28N2O4S. The van der Waals surface area contributed by atoms with Gasteiger partial charge in [-0.05, 0) is 47.4 Å². The number of carbonyl (C=O) groups excluding carboxylic acids is 1. The van der Waals surface area contributed by atoms with Crippen molar-refractivity contribution in [3.63, 3.8) is 0 Å². The van der Waals surface area contributed by atoms with Crippen molar-refractivity contribution in [2.45, 2.75) is 30.7 Å². The average Bonchev–Trinajstić information content (AvgIpc) is 2.83. The van der Waals surface area contributed by atoms with E-state index >= 15 is 0 Å². The van der Waals surface area contributed by atoms with Crippen molar-refractivity contribution in [3.8, 4) is 0 Å². The van der Waals surface area contributed by atoms with Crippen LogP contribution in [0, 0.1) is 0 Å². The monoisotopic (exact) mass is 452 g/mol. The number of rotatable bonds is 7. The molecule has 6 nitrogen and oxygen atoms in total. The summed E-state index contributed by atoms with van der Waals surface area (Å²) in [5, 5.41) is 5.37. The molecule has 1 amide bonds. The molecule has 0 aromatic heterocycles. The SMILES string of the molecule is CC(NC(=O)CCc1ccc(S(=O)(=O)N2CCOCC2)cc1)c1cccc2ccccc12. The van der Waals surface area contributed by atoms with E-state index in [0.717, 1.165) is 21.9 Å². The number of nitrogens with zero attached hydrogens (tertiary/aromatic N) is 1. The normalized spacial score (nSPS) is 16.0. The maximum Gasteiger partial charge on any atom is 0.243 e. The zero-order chi connectivity index (χ0) is 22.6. The van der Waals surface area contributed by atoms with E-state index in [4.69, 9.17) is 4.74 Å². The number of morpholine rings is 1. The highest BCUT2D eigenvalue weighted by Crippen LogP contribution is 2.24. The van der Waals surface area contributed by atoms with E-state index < -0.39 is 10.0 Å². The fourth-order valence-corrected chi connectivity index (χ4v) is 5.45. The van der Waals surface area contributed by atoms with Gasteiger partial charge in [0.25, 0.3) is 0 Å². The quantitative estimate of drug-likeness (QED) is 0.594. The molecule has 0 spiro atoms. The summed E-state index contributed by atoms with van der Waals surface area (Å²) in [7, 11) is -3.50. The number of benzene rings is 3. The lowest BCUT2D eigenvalue weighted by Crippen LogP contribution is -2.40. The summed E-state index contributed by atoms with van der Waals surface area (Å²) in [6.07, 6.45) is 0.886. The minimum absolute atomic E-state index is 0.0320. The molecule has 1 fully saturated rings. The van der Waals surface area contributed by atoms with Gasteiger partial charge in [0, 0.05) is 19.5 Å². The molecule has 1 aliphatic heterocycles. The fraction of sp³-hybridized carbons (Fsp3) is 0.320. The minimum atomic E-state index is -3.50. The Morgan fingerprint density at radius 2 is 1.69 bits per heavy atom. The number of carbonyl (C=O) groups is 1. The lowest BCUT2D eigenvalue weighted by atomic mass is 9.99. The number of sulfonamides is 1. The van der Waals surface area contributed by atoms with Crippen LogP contribution in [0.1, 0.15) is 30.5 Å². The van der Waals surface area contributed by atoms with Gasteiger partial charge in [-0.3, -0.25) is 4.79 Å². The highest BCUT2D eigenvalue weighted by molar-refractivity contribution is 7.89. The average molecular weight is 453 g/mol. The number of amides is 1. The Bertz CT molecular complexity index is 1180. The van der Waals surface area contributed by atoms with Gasteiger partial charge in [-0.25, -0.2) is 8.42 Å². The summed E-state index contributed by atoms with van der Waals surface area (Å²) >= 11 is 0. The molecular weight excluding hydrogens is 424 g/mol. The molecule has 0 saturated carbocycles. The van der Waals surface area contributed by atoms with E-state index in [0.29, 0.717) is 39.1 Å². The Morgan fingerprint density at radius 1 is 1.00 bits per heavy atom. The van der Waals surface area contributed by atoms with Gasteiger partial charge < -0.3 is 10.1 Å². The summed E-state index contributed by atoms with van der Waals surface area (Å²) < 4.78 is 32.1. The van der Waals surface area contributed by atoms with Crippen LogP contribution in [-0.2, 0) is 26.0 Å². The third-order valence-corrected chi connectivity index (χ3v) is 7.75. The van der Waals surface area contributed by atoms with Crippen LogP contribution >= 0.6 is 0 Å². The molecule has 1 heterocycles. The first-order chi connectivity index (χ1) is 15.4. The lowest BCUT2D eigenvalue weighted by Gasteiger charge is -2.26. The van der Waals surface area contributed by atoms with Gasteiger partial charge in [0.15, 0.2) is 0 Å². The van der Waals surface area contributed by atoms with Gasteiger partial charge in [0.05, 0.1) is 24.2 Å². The first-order valence-electron chi connectivity index (χ1n) is 10.9. The predicted molar refractivity (Wildman–Crippen MR) is 125 cm³/mol. The Balaban J connectivity index is 1.35. The molecule has 4 rings (SSSR count). The van der Waals surface area contributed by atoms with Gasteiger partial charge in [-0.1, -0.05) is 54.6 Å². The summed E-state index contributed by atoms with van der Waals surface area (Å²) in [6.45, 7) is 3.58. The number of nitrogens with one attached hydrogen (secondary N) is 1. The smallest absolute Gasteiger partial charge is 0.243 e. The van der Waals surface area contributed by atoms with E-state index in [1.807, 2.05) is 31.2 Å². The molecule has 1 saturated heterocycles. The molecule has 0 bridgehead atoms. The highest BCUT2D eigenvalue weighted by atomic mass is 32.2. The Labute approximate surface area is 189 Å². The molecule has 7 heteroatoms. The first-order valence-corrected chi connectivity index (χ1v) is 12.3. The van der Waals surface area contributed by atoms with Gasteiger partial charge >= 0.3 is 0 Å². The molecule has 1 atom stereocenters. The first kappa shape index (κ1) is 22.5. The summed E-state index contributed by atoms with van der Waals surface area (Å²) in [6, 6.07) is 21.0. The molecule has 1 unspecified atom stereocenters. The van der Waals surface area contributed by atoms with Crippen LogP contribution in [0.5, 0.6) is 0 Å². The van der Waals surface area contributed by atoms with Crippen molar-refractivity contribution in [2.75, 3.05) is 26.3 Å². The zero-order valence-corrected chi connectivity index (χ0v) is 19.0. The molecule has 168 valence electrons. The van der Waals surface area contributed by atoms with Crippen LogP contribution < -0.4 is 5.32 Å². The summed E-state index contributed by atoms with van der Waals surface area (Å²) in [5.41, 5.74) is 2.02. The maximum absolute atomic E-state index is 12.7. The van der Waals surface area contributed by atoms with Gasteiger partial charge in [-0.2, -0.15) is 4.31 Å². The van der Waals surface area contributed by atoms with E-state index in [1.54, 1.807) is 24.3 Å². The maximum atomic E-state index is 12.7. The number of aryl methyl sites for hydroxylation is 1. The van der Waals surface area contributed by atoms with Crippen LogP contribution in [0.25, 0.3) is 10.8 Å². The van der Waals surface area contributed by atoms with Gasteiger partial charge in [0.2, 0.25) is 15.9 Å². The number of fused-ring (bicyclic) bond motifs is 1. The molecule has 1 aliphatic rings. The van der Waals surface area contributed by atoms with Crippen molar-refractivity contribution in [1.82, 2.24) is 9.62 Å². The molecule has 3 aromatic carbocycles. The van der Waals surface area contributed by atoms with E-state index in [9.17, 15) is 13.2 Å². The topological polar surface area (TPSA) is 75.7 Å². The number of hydrogen-bond acceptors (Lipinski definition) is 4. The Hall–Kier alpha value is -2.74. The number of hydrogen-bond donors (Lipinski definition) is 1. The van der Waals surface area contributed by atoms with Crippen LogP contribution in [0.3, 0.4) is 0 Å². The molecule has 32 heavy (non-hydrogen) atoms. The minimum Gasteiger partial charge on any atom is -0.379 e. The third kappa shape index (κ3) is 5.01. The summed E-state index contributed by atoms with van der Waals surface area (Å²) in [4.78, 5) is 12.8. The van der Waals surface area contributed by atoms with Crippen molar-refractivity contribution >= 4 is 26.7 Å². The lowest BCUT2D eigenvalue weighted by molar-refractivity contribution is -0.121. The Morgan fingerprint density at radius 3 is 2.44 bits per heavy atom. The van der Waals surface area contributed by atoms with E-state index in [1.165, 1.54) is 4.31 Å². The molecule has 3 aromatic rings. The van der Waals surface area contributed by atoms with E-state index in [-0.39, 0.29) is 16.8 Å².